The second-order valence-corrected chi connectivity index (χ2v) is 12.4. The van der Waals surface area contributed by atoms with E-state index in [-0.39, 0.29) is 35.6 Å². The van der Waals surface area contributed by atoms with E-state index in [0.717, 1.165) is 32.1 Å². The number of benzene rings is 3. The summed E-state index contributed by atoms with van der Waals surface area (Å²) in [5, 5.41) is 13.0. The standard InChI is InChI=1S/C31H36N2O5S/c1-21(2)20-33(39(37,38)23-17-15-22(3)16-18-23)28(31(35)36)14-8-9-19-32-30(34)29-26-12-6-4-10-24(26)25-11-5-7-13-27(25)29/h4-7,10-13,15-18,21,28-29H,8-9,14,19-20H2,1-3H3,(H,32,34)(H,35,36)/t28-/m0/s1. The fourth-order valence-electron chi connectivity index (χ4n) is 5.20. The van der Waals surface area contributed by atoms with Crippen LogP contribution >= 0.6 is 0 Å². The normalized spacial score (nSPS) is 13.8. The van der Waals surface area contributed by atoms with Crippen LogP contribution in [-0.2, 0) is 19.6 Å². The third-order valence-corrected chi connectivity index (χ3v) is 8.99. The summed E-state index contributed by atoms with van der Waals surface area (Å²) in [4.78, 5) is 25.6. The minimum atomic E-state index is -4.00. The van der Waals surface area contributed by atoms with Crippen molar-refractivity contribution in [2.45, 2.75) is 56.9 Å². The Morgan fingerprint density at radius 2 is 1.46 bits per heavy atom. The highest BCUT2D eigenvalue weighted by molar-refractivity contribution is 7.89. The SMILES string of the molecule is Cc1ccc(S(=O)(=O)N(CC(C)C)[C@@H](CCCCNC(=O)C2c3ccccc3-c3ccccc32)C(=O)O)cc1. The Morgan fingerprint density at radius 3 is 2.00 bits per heavy atom. The molecule has 7 nitrogen and oxygen atoms in total. The molecule has 0 aromatic heterocycles. The minimum absolute atomic E-state index is 0.0523. The number of sulfonamides is 1. The van der Waals surface area contributed by atoms with Gasteiger partial charge in [0.05, 0.1) is 10.8 Å². The Morgan fingerprint density at radius 1 is 0.897 bits per heavy atom. The molecule has 1 atom stereocenters. The lowest BCUT2D eigenvalue weighted by molar-refractivity contribution is -0.142. The zero-order chi connectivity index (χ0) is 28.2. The number of rotatable bonds is 12. The molecule has 0 bridgehead atoms. The number of nitrogens with zero attached hydrogens (tertiary/aromatic N) is 1. The van der Waals surface area contributed by atoms with Crippen LogP contribution in [0.1, 0.15) is 55.7 Å². The molecule has 0 radical (unpaired) electrons. The van der Waals surface area contributed by atoms with Crippen LogP contribution in [0.3, 0.4) is 0 Å². The first-order chi connectivity index (χ1) is 18.6. The van der Waals surface area contributed by atoms with E-state index in [0.29, 0.717) is 19.4 Å². The van der Waals surface area contributed by atoms with Crippen molar-refractivity contribution in [2.75, 3.05) is 13.1 Å². The number of carbonyl (C=O) groups is 2. The highest BCUT2D eigenvalue weighted by Crippen LogP contribution is 2.44. The molecule has 0 saturated carbocycles. The van der Waals surface area contributed by atoms with Crippen LogP contribution in [0.25, 0.3) is 11.1 Å². The second kappa shape index (κ2) is 12.1. The van der Waals surface area contributed by atoms with Gasteiger partial charge in [-0.05, 0) is 66.5 Å². The van der Waals surface area contributed by atoms with Gasteiger partial charge in [0.1, 0.15) is 6.04 Å². The zero-order valence-corrected chi connectivity index (χ0v) is 23.4. The molecule has 2 N–H and O–H groups in total. The number of aliphatic carboxylic acids is 1. The molecule has 4 rings (SSSR count). The molecule has 1 aliphatic rings. The van der Waals surface area contributed by atoms with Crippen molar-refractivity contribution in [3.63, 3.8) is 0 Å². The molecule has 39 heavy (non-hydrogen) atoms. The van der Waals surface area contributed by atoms with Crippen LogP contribution < -0.4 is 5.32 Å². The van der Waals surface area contributed by atoms with E-state index in [2.05, 4.69) is 5.32 Å². The van der Waals surface area contributed by atoms with E-state index in [1.807, 2.05) is 69.3 Å². The molecule has 3 aromatic rings. The van der Waals surface area contributed by atoms with Crippen LogP contribution in [0.15, 0.2) is 77.7 Å². The number of fused-ring (bicyclic) bond motifs is 3. The maximum Gasteiger partial charge on any atom is 0.322 e. The maximum absolute atomic E-state index is 13.5. The molecule has 3 aromatic carbocycles. The fourth-order valence-corrected chi connectivity index (χ4v) is 6.98. The summed E-state index contributed by atoms with van der Waals surface area (Å²) in [5.41, 5.74) is 5.02. The largest absolute Gasteiger partial charge is 0.480 e. The molecule has 0 saturated heterocycles. The first-order valence-corrected chi connectivity index (χ1v) is 14.8. The molecule has 206 valence electrons. The highest BCUT2D eigenvalue weighted by atomic mass is 32.2. The number of hydrogen-bond acceptors (Lipinski definition) is 4. The minimum Gasteiger partial charge on any atom is -0.480 e. The summed E-state index contributed by atoms with van der Waals surface area (Å²) in [6.07, 6.45) is 1.14. The van der Waals surface area contributed by atoms with Crippen molar-refractivity contribution >= 4 is 21.9 Å². The molecule has 0 fully saturated rings. The molecule has 0 spiro atoms. The lowest BCUT2D eigenvalue weighted by Gasteiger charge is -2.29. The van der Waals surface area contributed by atoms with Gasteiger partial charge in [0.15, 0.2) is 0 Å². The van der Waals surface area contributed by atoms with Gasteiger partial charge in [0.25, 0.3) is 0 Å². The van der Waals surface area contributed by atoms with Gasteiger partial charge in [0.2, 0.25) is 15.9 Å². The van der Waals surface area contributed by atoms with Gasteiger partial charge in [-0.1, -0.05) is 80.1 Å². The van der Waals surface area contributed by atoms with Gasteiger partial charge >= 0.3 is 5.97 Å². The Labute approximate surface area is 230 Å². The molecular weight excluding hydrogens is 512 g/mol. The topological polar surface area (TPSA) is 104 Å². The van der Waals surface area contributed by atoms with Gasteiger partial charge in [0, 0.05) is 13.1 Å². The summed E-state index contributed by atoms with van der Waals surface area (Å²) in [6, 6.07) is 21.1. The monoisotopic (exact) mass is 548 g/mol. The third kappa shape index (κ3) is 6.23. The van der Waals surface area contributed by atoms with Crippen LogP contribution in [0, 0.1) is 12.8 Å². The van der Waals surface area contributed by atoms with E-state index in [4.69, 9.17) is 0 Å². The lowest BCUT2D eigenvalue weighted by atomic mass is 9.96. The zero-order valence-electron chi connectivity index (χ0n) is 22.6. The van der Waals surface area contributed by atoms with Crippen molar-refractivity contribution < 1.29 is 23.1 Å². The molecule has 0 aliphatic heterocycles. The highest BCUT2D eigenvalue weighted by Gasteiger charge is 2.36. The van der Waals surface area contributed by atoms with Crippen LogP contribution in [0.5, 0.6) is 0 Å². The third-order valence-electron chi connectivity index (χ3n) is 7.10. The quantitative estimate of drug-likeness (QED) is 0.303. The van der Waals surface area contributed by atoms with E-state index < -0.39 is 22.0 Å². The molecule has 1 amide bonds. The number of carboxylic acid groups (broad SMARTS) is 1. The van der Waals surface area contributed by atoms with Crippen molar-refractivity contribution in [1.82, 2.24) is 9.62 Å². The number of amides is 1. The number of carbonyl (C=O) groups excluding carboxylic acids is 1. The first kappa shape index (κ1) is 28.5. The Bertz CT molecular complexity index is 1390. The number of carboxylic acids is 1. The second-order valence-electron chi connectivity index (χ2n) is 10.5. The maximum atomic E-state index is 13.5. The average Bonchev–Trinajstić information content (AvgIpc) is 3.24. The van der Waals surface area contributed by atoms with Gasteiger partial charge < -0.3 is 10.4 Å². The van der Waals surface area contributed by atoms with Crippen LogP contribution in [0.4, 0.5) is 0 Å². The van der Waals surface area contributed by atoms with Crippen LogP contribution in [0.2, 0.25) is 0 Å². The first-order valence-electron chi connectivity index (χ1n) is 13.4. The Balaban J connectivity index is 1.40. The van der Waals surface area contributed by atoms with Gasteiger partial charge in [-0.15, -0.1) is 0 Å². The number of hydrogen-bond donors (Lipinski definition) is 2. The van der Waals surface area contributed by atoms with Gasteiger partial charge in [-0.2, -0.15) is 4.31 Å². The molecule has 1 aliphatic carbocycles. The fraction of sp³-hybridized carbons (Fsp3) is 0.355. The Hall–Kier alpha value is -3.49. The summed E-state index contributed by atoms with van der Waals surface area (Å²) in [6.45, 7) is 6.08. The van der Waals surface area contributed by atoms with Gasteiger partial charge in [-0.25, -0.2) is 8.42 Å². The average molecular weight is 549 g/mol. The van der Waals surface area contributed by atoms with E-state index in [9.17, 15) is 23.1 Å². The molecule has 0 heterocycles. The lowest BCUT2D eigenvalue weighted by Crippen LogP contribution is -2.46. The Kier molecular flexibility index (Phi) is 8.87. The van der Waals surface area contributed by atoms with E-state index in [1.54, 1.807) is 12.1 Å². The van der Waals surface area contributed by atoms with Crippen molar-refractivity contribution in [2.24, 2.45) is 5.92 Å². The van der Waals surface area contributed by atoms with Crippen molar-refractivity contribution in [3.05, 3.63) is 89.5 Å². The predicted octanol–water partition coefficient (Wildman–Crippen LogP) is 5.19. The van der Waals surface area contributed by atoms with Gasteiger partial charge in [-0.3, -0.25) is 9.59 Å². The summed E-state index contributed by atoms with van der Waals surface area (Å²) >= 11 is 0. The number of unbranched alkanes of at least 4 members (excludes halogenated alkanes) is 1. The summed E-state index contributed by atoms with van der Waals surface area (Å²) in [7, 11) is -4.00. The molecular formula is C31H36N2O5S. The number of nitrogens with one attached hydrogen (secondary N) is 1. The van der Waals surface area contributed by atoms with Crippen molar-refractivity contribution in [3.8, 4) is 11.1 Å². The number of aryl methyl sites for hydroxylation is 1. The predicted molar refractivity (Wildman–Crippen MR) is 152 cm³/mol. The summed E-state index contributed by atoms with van der Waals surface area (Å²) in [5.74, 6) is -1.70. The van der Waals surface area contributed by atoms with Crippen molar-refractivity contribution in [1.29, 1.82) is 0 Å². The van der Waals surface area contributed by atoms with E-state index in [1.165, 1.54) is 12.1 Å². The van der Waals surface area contributed by atoms with Crippen LogP contribution in [-0.4, -0.2) is 48.8 Å². The smallest absolute Gasteiger partial charge is 0.322 e. The van der Waals surface area contributed by atoms with E-state index >= 15 is 0 Å². The molecule has 8 heteroatoms. The molecule has 0 unspecified atom stereocenters. The summed E-state index contributed by atoms with van der Waals surface area (Å²) < 4.78 is 28.0.